The molecule has 0 aliphatic rings. The van der Waals surface area contributed by atoms with Crippen LogP contribution in [0.3, 0.4) is 0 Å². The van der Waals surface area contributed by atoms with Gasteiger partial charge in [0.05, 0.1) is 0 Å². The van der Waals surface area contributed by atoms with Crippen LogP contribution in [0.4, 0.5) is 0 Å². The number of unbranched alkanes of at least 4 members (excludes halogenated alkanes) is 42. The zero-order valence-corrected chi connectivity index (χ0v) is 54.1. The molecular formula is C75H134O6. The second-order valence-electron chi connectivity index (χ2n) is 23.8. The molecule has 0 heterocycles. The number of ether oxygens (including phenoxy) is 3. The Bertz CT molecular complexity index is 1490. The molecule has 0 saturated heterocycles. The van der Waals surface area contributed by atoms with Gasteiger partial charge in [0, 0.05) is 19.3 Å². The lowest BCUT2D eigenvalue weighted by atomic mass is 10.0. The maximum absolute atomic E-state index is 13.0. The zero-order chi connectivity index (χ0) is 58.5. The van der Waals surface area contributed by atoms with Gasteiger partial charge in [-0.3, -0.25) is 14.4 Å². The first-order chi connectivity index (χ1) is 40.0. The summed E-state index contributed by atoms with van der Waals surface area (Å²) >= 11 is 0. The number of hydrogen-bond acceptors (Lipinski definition) is 6. The highest BCUT2D eigenvalue weighted by molar-refractivity contribution is 5.71. The van der Waals surface area contributed by atoms with E-state index in [4.69, 9.17) is 14.2 Å². The number of allylic oxidation sites excluding steroid dienone is 12. The highest BCUT2D eigenvalue weighted by Crippen LogP contribution is 2.17. The first-order valence-corrected chi connectivity index (χ1v) is 35.4. The Balaban J connectivity index is 4.33. The van der Waals surface area contributed by atoms with E-state index in [0.717, 1.165) is 89.9 Å². The van der Waals surface area contributed by atoms with Crippen LogP contribution in [0, 0.1) is 0 Å². The van der Waals surface area contributed by atoms with Crippen molar-refractivity contribution in [2.45, 2.75) is 374 Å². The van der Waals surface area contributed by atoms with Gasteiger partial charge in [-0.15, -0.1) is 0 Å². The average Bonchev–Trinajstić information content (AvgIpc) is 3.47. The lowest BCUT2D eigenvalue weighted by Crippen LogP contribution is -2.30. The molecule has 0 amide bonds. The zero-order valence-electron chi connectivity index (χ0n) is 54.1. The minimum Gasteiger partial charge on any atom is -0.462 e. The van der Waals surface area contributed by atoms with E-state index < -0.39 is 6.10 Å². The smallest absolute Gasteiger partial charge is 0.306 e. The summed E-state index contributed by atoms with van der Waals surface area (Å²) in [5.41, 5.74) is 0. The Morgan fingerprint density at radius 2 is 0.481 bits per heavy atom. The van der Waals surface area contributed by atoms with Crippen LogP contribution in [-0.4, -0.2) is 37.2 Å². The molecule has 0 aliphatic heterocycles. The molecule has 0 N–H and O–H groups in total. The molecule has 81 heavy (non-hydrogen) atoms. The van der Waals surface area contributed by atoms with Gasteiger partial charge in [-0.25, -0.2) is 0 Å². The third kappa shape index (κ3) is 67.5. The van der Waals surface area contributed by atoms with Crippen LogP contribution < -0.4 is 0 Å². The number of rotatable bonds is 65. The molecule has 0 radical (unpaired) electrons. The molecule has 1 atom stereocenters. The van der Waals surface area contributed by atoms with Gasteiger partial charge in [0.25, 0.3) is 0 Å². The minimum atomic E-state index is -0.783. The van der Waals surface area contributed by atoms with Crippen molar-refractivity contribution in [1.29, 1.82) is 0 Å². The van der Waals surface area contributed by atoms with E-state index in [0.29, 0.717) is 19.3 Å². The SMILES string of the molecule is CC/C=C\C/C=C\C/C=C\C/C=C\CCCCCCCCCCC(=O)OC(COC(=O)CCCCCCCCC/C=C\CCCCCCCC)COC(=O)CCCCCCCCCCCCCCC/C=C\CCCCCCCCCC. The molecule has 0 fully saturated rings. The monoisotopic (exact) mass is 1130 g/mol. The lowest BCUT2D eigenvalue weighted by molar-refractivity contribution is -0.167. The van der Waals surface area contributed by atoms with Crippen LogP contribution >= 0.6 is 0 Å². The predicted molar refractivity (Wildman–Crippen MR) is 353 cm³/mol. The molecule has 0 aromatic carbocycles. The molecule has 0 rings (SSSR count). The minimum absolute atomic E-state index is 0.0775. The fourth-order valence-electron chi connectivity index (χ4n) is 10.4. The summed E-state index contributed by atoms with van der Waals surface area (Å²) < 4.78 is 17.0. The van der Waals surface area contributed by atoms with Crippen molar-refractivity contribution < 1.29 is 28.6 Å². The maximum Gasteiger partial charge on any atom is 0.306 e. The Labute approximate surface area is 503 Å². The third-order valence-electron chi connectivity index (χ3n) is 15.7. The summed E-state index contributed by atoms with van der Waals surface area (Å²) in [6, 6.07) is 0. The normalized spacial score (nSPS) is 12.5. The molecule has 1 unspecified atom stereocenters. The van der Waals surface area contributed by atoms with E-state index in [1.165, 1.54) is 238 Å². The Morgan fingerprint density at radius 1 is 0.259 bits per heavy atom. The number of carbonyl (C=O) groups is 3. The van der Waals surface area contributed by atoms with Crippen molar-refractivity contribution in [2.24, 2.45) is 0 Å². The van der Waals surface area contributed by atoms with Crippen molar-refractivity contribution in [3.05, 3.63) is 72.9 Å². The number of hydrogen-bond donors (Lipinski definition) is 0. The highest BCUT2D eigenvalue weighted by atomic mass is 16.6. The van der Waals surface area contributed by atoms with Crippen molar-refractivity contribution in [3.63, 3.8) is 0 Å². The van der Waals surface area contributed by atoms with Crippen LogP contribution in [0.2, 0.25) is 0 Å². The molecule has 0 aromatic rings. The molecule has 470 valence electrons. The average molecular weight is 1130 g/mol. The first-order valence-electron chi connectivity index (χ1n) is 35.4. The second kappa shape index (κ2) is 69.3. The molecular weight excluding hydrogens is 997 g/mol. The largest absolute Gasteiger partial charge is 0.462 e. The third-order valence-corrected chi connectivity index (χ3v) is 15.7. The Morgan fingerprint density at radius 3 is 0.765 bits per heavy atom. The lowest BCUT2D eigenvalue weighted by Gasteiger charge is -2.18. The maximum atomic E-state index is 13.0. The van der Waals surface area contributed by atoms with E-state index in [-0.39, 0.29) is 31.1 Å². The topological polar surface area (TPSA) is 78.9 Å². The summed E-state index contributed by atoms with van der Waals surface area (Å²) in [6.45, 7) is 6.57. The van der Waals surface area contributed by atoms with Gasteiger partial charge in [0.15, 0.2) is 6.10 Å². The summed E-state index contributed by atoms with van der Waals surface area (Å²) in [5.74, 6) is -0.869. The van der Waals surface area contributed by atoms with E-state index in [1.807, 2.05) is 0 Å². The van der Waals surface area contributed by atoms with Gasteiger partial charge in [-0.1, -0.05) is 312 Å². The van der Waals surface area contributed by atoms with E-state index in [2.05, 4.69) is 93.7 Å². The van der Waals surface area contributed by atoms with Gasteiger partial charge in [-0.05, 0) is 109 Å². The Kier molecular flexibility index (Phi) is 66.6. The summed E-state index contributed by atoms with van der Waals surface area (Å²) in [4.78, 5) is 38.5. The molecule has 0 aromatic heterocycles. The van der Waals surface area contributed by atoms with Gasteiger partial charge in [0.1, 0.15) is 13.2 Å². The van der Waals surface area contributed by atoms with Gasteiger partial charge < -0.3 is 14.2 Å². The number of carbonyl (C=O) groups excluding carboxylic acids is 3. The van der Waals surface area contributed by atoms with Crippen molar-refractivity contribution in [3.8, 4) is 0 Å². The van der Waals surface area contributed by atoms with E-state index >= 15 is 0 Å². The Hall–Kier alpha value is -3.15. The molecule has 6 nitrogen and oxygen atoms in total. The second-order valence-corrected chi connectivity index (χ2v) is 23.8. The van der Waals surface area contributed by atoms with Gasteiger partial charge in [0.2, 0.25) is 0 Å². The fourth-order valence-corrected chi connectivity index (χ4v) is 10.4. The first kappa shape index (κ1) is 77.9. The van der Waals surface area contributed by atoms with Crippen LogP contribution in [0.5, 0.6) is 0 Å². The predicted octanol–water partition coefficient (Wildman–Crippen LogP) is 24.4. The number of esters is 3. The highest BCUT2D eigenvalue weighted by Gasteiger charge is 2.19. The van der Waals surface area contributed by atoms with Crippen LogP contribution in [0.25, 0.3) is 0 Å². The summed E-state index contributed by atoms with van der Waals surface area (Å²) in [7, 11) is 0. The van der Waals surface area contributed by atoms with Crippen molar-refractivity contribution in [1.82, 2.24) is 0 Å². The molecule has 6 heteroatoms. The fraction of sp³-hybridized carbons (Fsp3) is 0.800. The molecule has 0 aliphatic carbocycles. The van der Waals surface area contributed by atoms with Gasteiger partial charge in [-0.2, -0.15) is 0 Å². The van der Waals surface area contributed by atoms with Crippen LogP contribution in [-0.2, 0) is 28.6 Å². The van der Waals surface area contributed by atoms with E-state index in [9.17, 15) is 14.4 Å². The summed E-state index contributed by atoms with van der Waals surface area (Å²) in [5, 5.41) is 0. The summed E-state index contributed by atoms with van der Waals surface area (Å²) in [6.07, 6.45) is 90.6. The van der Waals surface area contributed by atoms with Crippen LogP contribution in [0.15, 0.2) is 72.9 Å². The quantitative estimate of drug-likeness (QED) is 0.0261. The molecule has 0 spiro atoms. The molecule has 0 bridgehead atoms. The van der Waals surface area contributed by atoms with Gasteiger partial charge >= 0.3 is 17.9 Å². The van der Waals surface area contributed by atoms with Crippen LogP contribution in [0.1, 0.15) is 367 Å². The van der Waals surface area contributed by atoms with E-state index in [1.54, 1.807) is 0 Å². The van der Waals surface area contributed by atoms with Crippen molar-refractivity contribution >= 4 is 17.9 Å². The standard InChI is InChI=1S/C75H134O6/c1-4-7-10-13-16-19-22-25-28-31-33-35-36-37-38-40-41-44-47-50-53-56-59-62-65-68-74(77)80-71-72(70-79-73(76)67-64-61-58-55-52-49-46-43-30-27-24-21-18-15-12-9-6-3)81-75(78)69-66-63-60-57-54-51-48-45-42-39-34-32-29-26-23-20-17-14-11-8-5-2/h8,11,17,20,26-27,29-31,33-34,39,72H,4-7,9-10,12-16,18-19,21-25,28,32,35-38,40-71H2,1-3H3/b11-8-,20-17-,29-26-,30-27-,33-31-,39-34-. The molecule has 0 saturated carbocycles. The van der Waals surface area contributed by atoms with Crippen molar-refractivity contribution in [2.75, 3.05) is 13.2 Å².